The third-order valence-corrected chi connectivity index (χ3v) is 4.03. The summed E-state index contributed by atoms with van der Waals surface area (Å²) < 4.78 is 5.54. The van der Waals surface area contributed by atoms with Crippen molar-refractivity contribution in [3.8, 4) is 0 Å². The molecule has 0 unspecified atom stereocenters. The number of ether oxygens (including phenoxy) is 1. The van der Waals surface area contributed by atoms with Gasteiger partial charge in [-0.15, -0.1) is 0 Å². The third-order valence-electron chi connectivity index (χ3n) is 2.33. The van der Waals surface area contributed by atoms with Crippen molar-refractivity contribution in [1.82, 2.24) is 5.01 Å². The number of hydrazone groups is 1. The van der Waals surface area contributed by atoms with Crippen molar-refractivity contribution >= 4 is 19.7 Å². The Balaban J connectivity index is 2.29. The average Bonchev–Trinajstić information content (AvgIpc) is 2.23. The molecule has 0 aliphatic carbocycles. The molecule has 1 rings (SSSR count). The minimum Gasteiger partial charge on any atom is -0.364 e. The van der Waals surface area contributed by atoms with Crippen molar-refractivity contribution in [1.29, 1.82) is 0 Å². The van der Waals surface area contributed by atoms with E-state index in [0.717, 1.165) is 12.7 Å². The van der Waals surface area contributed by atoms with Crippen LogP contribution in [0.3, 0.4) is 0 Å². The lowest BCUT2D eigenvalue weighted by atomic mass is 10.3. The molecule has 1 amide bonds. The second kappa shape index (κ2) is 5.97. The van der Waals surface area contributed by atoms with E-state index in [2.05, 4.69) is 24.7 Å². The maximum Gasteiger partial charge on any atom is 0.269 e. The van der Waals surface area contributed by atoms with Crippen LogP contribution in [0.5, 0.6) is 0 Å². The van der Waals surface area contributed by atoms with E-state index in [4.69, 9.17) is 10.5 Å². The lowest BCUT2D eigenvalue weighted by Gasteiger charge is -2.22. The van der Waals surface area contributed by atoms with Crippen LogP contribution in [-0.4, -0.2) is 44.6 Å². The molecule has 1 aliphatic rings. The smallest absolute Gasteiger partial charge is 0.269 e. The Hall–Kier alpha value is -1.14. The predicted octanol–water partition coefficient (Wildman–Crippen LogP) is 1.01. The summed E-state index contributed by atoms with van der Waals surface area (Å²) in [7, 11) is -1.04. The van der Waals surface area contributed by atoms with Crippen LogP contribution in [0.25, 0.3) is 0 Å². The van der Waals surface area contributed by atoms with E-state index in [0.29, 0.717) is 13.3 Å². The first-order chi connectivity index (χ1) is 7.88. The minimum atomic E-state index is -1.04. The SMILES string of the molecule is C[Si](C)(C)CCOCN1CC=CC(C(N)=O)=N1. The van der Waals surface area contributed by atoms with Gasteiger partial charge in [-0.3, -0.25) is 9.80 Å². The number of primary amides is 1. The number of carbonyl (C=O) groups is 1. The third kappa shape index (κ3) is 5.65. The van der Waals surface area contributed by atoms with Gasteiger partial charge < -0.3 is 10.5 Å². The molecule has 0 saturated carbocycles. The lowest BCUT2D eigenvalue weighted by Crippen LogP contribution is -2.32. The molecular weight excluding hydrogens is 234 g/mol. The second-order valence-corrected chi connectivity index (χ2v) is 10.9. The maximum absolute atomic E-state index is 10.9. The Kier molecular flexibility index (Phi) is 4.89. The largest absolute Gasteiger partial charge is 0.364 e. The number of carbonyl (C=O) groups excluding carboxylic acids is 1. The fourth-order valence-corrected chi connectivity index (χ4v) is 2.03. The normalized spacial score (nSPS) is 15.9. The van der Waals surface area contributed by atoms with Gasteiger partial charge in [0.15, 0.2) is 0 Å². The van der Waals surface area contributed by atoms with Gasteiger partial charge in [0.2, 0.25) is 0 Å². The van der Waals surface area contributed by atoms with Crippen LogP contribution >= 0.6 is 0 Å². The molecule has 0 fully saturated rings. The summed E-state index contributed by atoms with van der Waals surface area (Å²) in [6, 6.07) is 1.13. The van der Waals surface area contributed by atoms with Crippen molar-refractivity contribution in [2.24, 2.45) is 10.8 Å². The van der Waals surface area contributed by atoms with E-state index >= 15 is 0 Å². The Morgan fingerprint density at radius 3 is 2.88 bits per heavy atom. The van der Waals surface area contributed by atoms with Crippen molar-refractivity contribution < 1.29 is 9.53 Å². The molecule has 96 valence electrons. The summed E-state index contributed by atoms with van der Waals surface area (Å²) in [5.41, 5.74) is 5.44. The van der Waals surface area contributed by atoms with Gasteiger partial charge in [0, 0.05) is 14.7 Å². The summed E-state index contributed by atoms with van der Waals surface area (Å²) >= 11 is 0. The minimum absolute atomic E-state index is 0.282. The molecule has 0 spiro atoms. The monoisotopic (exact) mass is 255 g/mol. The molecule has 0 aromatic rings. The van der Waals surface area contributed by atoms with Gasteiger partial charge in [-0.1, -0.05) is 25.7 Å². The molecule has 5 nitrogen and oxygen atoms in total. The summed E-state index contributed by atoms with van der Waals surface area (Å²) in [5, 5.41) is 5.79. The number of hydrogen-bond donors (Lipinski definition) is 1. The van der Waals surface area contributed by atoms with Gasteiger partial charge in [0.25, 0.3) is 5.91 Å². The molecule has 1 heterocycles. The van der Waals surface area contributed by atoms with E-state index in [1.165, 1.54) is 0 Å². The van der Waals surface area contributed by atoms with Crippen molar-refractivity contribution in [3.05, 3.63) is 12.2 Å². The van der Waals surface area contributed by atoms with Crippen LogP contribution in [0.4, 0.5) is 0 Å². The van der Waals surface area contributed by atoms with E-state index in [1.54, 1.807) is 11.1 Å². The number of nitrogens with zero attached hydrogens (tertiary/aromatic N) is 2. The van der Waals surface area contributed by atoms with Gasteiger partial charge in [0.1, 0.15) is 12.4 Å². The van der Waals surface area contributed by atoms with Crippen LogP contribution < -0.4 is 5.73 Å². The molecule has 2 N–H and O–H groups in total. The van der Waals surface area contributed by atoms with Crippen LogP contribution in [0.2, 0.25) is 25.7 Å². The highest BCUT2D eigenvalue weighted by atomic mass is 28.3. The number of hydrogen-bond acceptors (Lipinski definition) is 4. The van der Waals surface area contributed by atoms with Crippen LogP contribution in [0.1, 0.15) is 0 Å². The van der Waals surface area contributed by atoms with E-state index in [-0.39, 0.29) is 5.71 Å². The summed E-state index contributed by atoms with van der Waals surface area (Å²) in [5.74, 6) is -0.506. The highest BCUT2D eigenvalue weighted by Crippen LogP contribution is 2.08. The van der Waals surface area contributed by atoms with Gasteiger partial charge in [0.05, 0.1) is 6.54 Å². The molecule has 6 heteroatoms. The Morgan fingerprint density at radius 2 is 2.29 bits per heavy atom. The van der Waals surface area contributed by atoms with Crippen molar-refractivity contribution in [2.75, 3.05) is 19.9 Å². The average molecular weight is 255 g/mol. The van der Waals surface area contributed by atoms with Crippen molar-refractivity contribution in [2.45, 2.75) is 25.7 Å². The molecular formula is C11H21N3O2Si. The van der Waals surface area contributed by atoms with Gasteiger partial charge in [-0.05, 0) is 12.1 Å². The fourth-order valence-electron chi connectivity index (χ4n) is 1.27. The first-order valence-corrected chi connectivity index (χ1v) is 9.47. The molecule has 17 heavy (non-hydrogen) atoms. The maximum atomic E-state index is 10.9. The van der Waals surface area contributed by atoms with E-state index in [9.17, 15) is 4.79 Å². The summed E-state index contributed by atoms with van der Waals surface area (Å²) in [6.07, 6.45) is 3.50. The number of rotatable bonds is 6. The van der Waals surface area contributed by atoms with Gasteiger partial charge in [-0.25, -0.2) is 0 Å². The molecule has 0 aromatic heterocycles. The van der Waals surface area contributed by atoms with E-state index in [1.807, 2.05) is 6.08 Å². The topological polar surface area (TPSA) is 67.9 Å². The molecule has 1 aliphatic heterocycles. The first-order valence-electron chi connectivity index (χ1n) is 5.76. The Bertz CT molecular complexity index is 334. The van der Waals surface area contributed by atoms with E-state index < -0.39 is 14.0 Å². The van der Waals surface area contributed by atoms with Crippen LogP contribution in [0.15, 0.2) is 17.3 Å². The molecule has 0 atom stereocenters. The highest BCUT2D eigenvalue weighted by molar-refractivity contribution is 6.76. The molecule has 0 radical (unpaired) electrons. The zero-order valence-electron chi connectivity index (χ0n) is 10.8. The zero-order valence-corrected chi connectivity index (χ0v) is 11.8. The number of nitrogens with two attached hydrogens (primary N) is 1. The Morgan fingerprint density at radius 1 is 1.59 bits per heavy atom. The zero-order chi connectivity index (χ0) is 12.9. The van der Waals surface area contributed by atoms with Crippen LogP contribution in [-0.2, 0) is 9.53 Å². The quantitative estimate of drug-likeness (QED) is 0.569. The molecule has 0 saturated heterocycles. The van der Waals surface area contributed by atoms with Gasteiger partial charge in [-0.2, -0.15) is 5.10 Å². The predicted molar refractivity (Wildman–Crippen MR) is 71.4 cm³/mol. The van der Waals surface area contributed by atoms with Crippen molar-refractivity contribution in [3.63, 3.8) is 0 Å². The highest BCUT2D eigenvalue weighted by Gasteiger charge is 2.14. The molecule has 0 bridgehead atoms. The fraction of sp³-hybridized carbons (Fsp3) is 0.636. The lowest BCUT2D eigenvalue weighted by molar-refractivity contribution is -0.112. The van der Waals surface area contributed by atoms with Crippen LogP contribution in [0, 0.1) is 0 Å². The van der Waals surface area contributed by atoms with Gasteiger partial charge >= 0.3 is 0 Å². The first kappa shape index (κ1) is 13.9. The number of amides is 1. The molecule has 0 aromatic carbocycles. The Labute approximate surface area is 103 Å². The second-order valence-electron chi connectivity index (χ2n) is 5.29. The standard InChI is InChI=1S/C11H21N3O2Si/c1-17(2,3)8-7-16-9-14-6-4-5-10(13-14)11(12)15/h4-5H,6-9H2,1-3H3,(H2,12,15). The summed E-state index contributed by atoms with van der Waals surface area (Å²) in [6.45, 7) is 8.74. The summed E-state index contributed by atoms with van der Waals surface area (Å²) in [4.78, 5) is 10.9.